The Kier molecular flexibility index (Phi) is 7.78. The molecule has 0 saturated carbocycles. The van der Waals surface area contributed by atoms with Crippen LogP contribution in [0.4, 0.5) is 0 Å². The average Bonchev–Trinajstić information content (AvgIpc) is 2.38. The number of amides is 2. The lowest BCUT2D eigenvalue weighted by atomic mass is 9.92. The number of carbonyl (C=O) groups excluding carboxylic acids is 2. The maximum absolute atomic E-state index is 12.0. The standard InChI is InChI=1S/C13H18BrN3O2.ClH/c1-13(15,9-3-5-10(14)6-4-9)12(19)17-8-7-11(18)16-2;/h3-6H,7-8,15H2,1-2H3,(H,16,18)(H,17,19);1H. The molecule has 0 aliphatic carbocycles. The summed E-state index contributed by atoms with van der Waals surface area (Å²) in [4.78, 5) is 23.1. The van der Waals surface area contributed by atoms with Crippen molar-refractivity contribution in [2.45, 2.75) is 18.9 Å². The SMILES string of the molecule is CNC(=O)CCNC(=O)C(C)(N)c1ccc(Br)cc1.Cl. The van der Waals surface area contributed by atoms with Crippen molar-refractivity contribution in [2.24, 2.45) is 5.73 Å². The highest BCUT2D eigenvalue weighted by atomic mass is 79.9. The monoisotopic (exact) mass is 363 g/mol. The number of nitrogens with two attached hydrogens (primary N) is 1. The zero-order chi connectivity index (χ0) is 14.5. The van der Waals surface area contributed by atoms with Crippen LogP contribution in [-0.2, 0) is 15.1 Å². The van der Waals surface area contributed by atoms with Crippen LogP contribution in [0.1, 0.15) is 18.9 Å². The lowest BCUT2D eigenvalue weighted by molar-refractivity contribution is -0.126. The summed E-state index contributed by atoms with van der Waals surface area (Å²) in [6.45, 7) is 1.91. The van der Waals surface area contributed by atoms with E-state index in [1.165, 1.54) is 0 Å². The molecule has 0 bridgehead atoms. The summed E-state index contributed by atoms with van der Waals surface area (Å²) in [6.07, 6.45) is 0.235. The largest absolute Gasteiger partial charge is 0.359 e. The summed E-state index contributed by atoms with van der Waals surface area (Å²) in [5, 5.41) is 5.15. The molecule has 4 N–H and O–H groups in total. The van der Waals surface area contributed by atoms with Crippen LogP contribution in [-0.4, -0.2) is 25.4 Å². The van der Waals surface area contributed by atoms with Gasteiger partial charge in [-0.05, 0) is 24.6 Å². The highest BCUT2D eigenvalue weighted by molar-refractivity contribution is 9.10. The summed E-state index contributed by atoms with van der Waals surface area (Å²) in [5.74, 6) is -0.429. The van der Waals surface area contributed by atoms with Gasteiger partial charge in [-0.25, -0.2) is 0 Å². The summed E-state index contributed by atoms with van der Waals surface area (Å²) in [5.41, 5.74) is 5.65. The average molecular weight is 365 g/mol. The fraction of sp³-hybridized carbons (Fsp3) is 0.385. The first kappa shape index (κ1) is 18.9. The lowest BCUT2D eigenvalue weighted by Crippen LogP contribution is -2.49. The van der Waals surface area contributed by atoms with Crippen molar-refractivity contribution in [2.75, 3.05) is 13.6 Å². The molecule has 2 amide bonds. The van der Waals surface area contributed by atoms with Gasteiger partial charge in [-0.3, -0.25) is 9.59 Å². The molecule has 0 saturated heterocycles. The van der Waals surface area contributed by atoms with Crippen LogP contribution in [0.15, 0.2) is 28.7 Å². The van der Waals surface area contributed by atoms with Crippen molar-refractivity contribution < 1.29 is 9.59 Å². The van der Waals surface area contributed by atoms with Gasteiger partial charge in [0.05, 0.1) is 0 Å². The van der Waals surface area contributed by atoms with E-state index in [1.807, 2.05) is 12.1 Å². The molecule has 1 rings (SSSR count). The minimum atomic E-state index is -1.12. The fourth-order valence-electron chi connectivity index (χ4n) is 1.53. The van der Waals surface area contributed by atoms with Crippen LogP contribution >= 0.6 is 28.3 Å². The highest BCUT2D eigenvalue weighted by Crippen LogP contribution is 2.20. The molecule has 0 radical (unpaired) electrons. The third-order valence-electron chi connectivity index (χ3n) is 2.83. The van der Waals surface area contributed by atoms with Crippen molar-refractivity contribution in [3.05, 3.63) is 34.3 Å². The third kappa shape index (κ3) is 5.11. The van der Waals surface area contributed by atoms with Crippen LogP contribution in [0.5, 0.6) is 0 Å². The van der Waals surface area contributed by atoms with Crippen LogP contribution in [0.3, 0.4) is 0 Å². The van der Waals surface area contributed by atoms with Gasteiger partial charge in [0.2, 0.25) is 11.8 Å². The van der Waals surface area contributed by atoms with Gasteiger partial charge in [0.1, 0.15) is 5.54 Å². The van der Waals surface area contributed by atoms with Gasteiger partial charge < -0.3 is 16.4 Å². The second kappa shape index (κ2) is 8.24. The Bertz CT molecular complexity index is 463. The Balaban J connectivity index is 0.00000361. The minimum Gasteiger partial charge on any atom is -0.359 e. The van der Waals surface area contributed by atoms with Gasteiger partial charge in [0.15, 0.2) is 0 Å². The van der Waals surface area contributed by atoms with Gasteiger partial charge in [0, 0.05) is 24.5 Å². The molecule has 0 aliphatic heterocycles. The van der Waals surface area contributed by atoms with Crippen molar-refractivity contribution in [3.8, 4) is 0 Å². The predicted octanol–water partition coefficient (Wildman–Crippen LogP) is 1.30. The molecule has 0 fully saturated rings. The van der Waals surface area contributed by atoms with Gasteiger partial charge in [-0.1, -0.05) is 28.1 Å². The van der Waals surface area contributed by atoms with Crippen LogP contribution in [0.25, 0.3) is 0 Å². The van der Waals surface area contributed by atoms with Crippen molar-refractivity contribution in [1.29, 1.82) is 0 Å². The molecule has 0 aliphatic rings. The highest BCUT2D eigenvalue weighted by Gasteiger charge is 2.30. The molecule has 7 heteroatoms. The normalized spacial score (nSPS) is 12.8. The number of carbonyl (C=O) groups is 2. The minimum absolute atomic E-state index is 0. The van der Waals surface area contributed by atoms with E-state index in [-0.39, 0.29) is 37.2 Å². The number of hydrogen-bond acceptors (Lipinski definition) is 3. The second-order valence-corrected chi connectivity index (χ2v) is 5.30. The molecule has 1 aromatic carbocycles. The Morgan fingerprint density at radius 3 is 2.35 bits per heavy atom. The van der Waals surface area contributed by atoms with E-state index in [2.05, 4.69) is 26.6 Å². The molecular formula is C13H19BrClN3O2. The second-order valence-electron chi connectivity index (χ2n) is 4.39. The predicted molar refractivity (Wildman–Crippen MR) is 84.6 cm³/mol. The third-order valence-corrected chi connectivity index (χ3v) is 3.36. The Labute approximate surface area is 133 Å². The molecule has 0 aromatic heterocycles. The Hall–Kier alpha value is -1.11. The molecule has 1 unspecified atom stereocenters. The lowest BCUT2D eigenvalue weighted by Gasteiger charge is -2.24. The smallest absolute Gasteiger partial charge is 0.244 e. The molecule has 0 heterocycles. The molecule has 5 nitrogen and oxygen atoms in total. The summed E-state index contributed by atoms with van der Waals surface area (Å²) < 4.78 is 0.923. The number of benzene rings is 1. The number of rotatable bonds is 5. The topological polar surface area (TPSA) is 84.2 Å². The first-order valence-electron chi connectivity index (χ1n) is 5.91. The molecule has 1 atom stereocenters. The molecule has 1 aromatic rings. The summed E-state index contributed by atoms with van der Waals surface area (Å²) >= 11 is 3.33. The first-order valence-corrected chi connectivity index (χ1v) is 6.71. The van der Waals surface area contributed by atoms with Gasteiger partial charge in [-0.15, -0.1) is 12.4 Å². The quantitative estimate of drug-likeness (QED) is 0.736. The van der Waals surface area contributed by atoms with Crippen LogP contribution < -0.4 is 16.4 Å². The van der Waals surface area contributed by atoms with Crippen LogP contribution in [0.2, 0.25) is 0 Å². The Morgan fingerprint density at radius 2 is 1.85 bits per heavy atom. The van der Waals surface area contributed by atoms with Gasteiger partial charge in [0.25, 0.3) is 0 Å². The molecular weight excluding hydrogens is 346 g/mol. The van der Waals surface area contributed by atoms with E-state index in [9.17, 15) is 9.59 Å². The maximum atomic E-state index is 12.0. The first-order chi connectivity index (χ1) is 8.87. The maximum Gasteiger partial charge on any atom is 0.244 e. The zero-order valence-corrected chi connectivity index (χ0v) is 13.8. The van der Waals surface area contributed by atoms with E-state index in [1.54, 1.807) is 26.1 Å². The van der Waals surface area contributed by atoms with Crippen LogP contribution in [0, 0.1) is 0 Å². The van der Waals surface area contributed by atoms with E-state index in [4.69, 9.17) is 5.73 Å². The number of hydrogen-bond donors (Lipinski definition) is 3. The van der Waals surface area contributed by atoms with E-state index < -0.39 is 5.54 Å². The van der Waals surface area contributed by atoms with E-state index in [0.29, 0.717) is 5.56 Å². The van der Waals surface area contributed by atoms with Gasteiger partial charge >= 0.3 is 0 Å². The van der Waals surface area contributed by atoms with E-state index in [0.717, 1.165) is 4.47 Å². The summed E-state index contributed by atoms with van der Waals surface area (Å²) in [7, 11) is 1.55. The van der Waals surface area contributed by atoms with Crippen molar-refractivity contribution >= 4 is 40.2 Å². The fourth-order valence-corrected chi connectivity index (χ4v) is 1.79. The Morgan fingerprint density at radius 1 is 1.30 bits per heavy atom. The number of halogens is 2. The van der Waals surface area contributed by atoms with E-state index >= 15 is 0 Å². The summed E-state index contributed by atoms with van der Waals surface area (Å²) in [6, 6.07) is 7.25. The van der Waals surface area contributed by atoms with Gasteiger partial charge in [-0.2, -0.15) is 0 Å². The van der Waals surface area contributed by atoms with Crippen molar-refractivity contribution in [3.63, 3.8) is 0 Å². The molecule has 20 heavy (non-hydrogen) atoms. The number of nitrogens with one attached hydrogen (secondary N) is 2. The van der Waals surface area contributed by atoms with Crippen molar-refractivity contribution in [1.82, 2.24) is 10.6 Å². The molecule has 112 valence electrons. The molecule has 0 spiro atoms. The zero-order valence-electron chi connectivity index (χ0n) is 11.4.